The van der Waals surface area contributed by atoms with Crippen LogP contribution in [0.2, 0.25) is 0 Å². The van der Waals surface area contributed by atoms with Gasteiger partial charge >= 0.3 is 11.9 Å². The van der Waals surface area contributed by atoms with E-state index in [0.29, 0.717) is 22.3 Å². The van der Waals surface area contributed by atoms with Crippen LogP contribution in [0.1, 0.15) is 36.1 Å². The molecule has 4 rings (SSSR count). The fraction of sp³-hybridized carbons (Fsp3) is 0.0952. The minimum atomic E-state index is -1.52. The van der Waals surface area contributed by atoms with E-state index < -0.39 is 23.1 Å². The van der Waals surface area contributed by atoms with Gasteiger partial charge in [0.2, 0.25) is 0 Å². The van der Waals surface area contributed by atoms with Crippen LogP contribution in [0.25, 0.3) is 0 Å². The maximum absolute atomic E-state index is 11.5. The van der Waals surface area contributed by atoms with Crippen molar-refractivity contribution >= 4 is 11.9 Å². The lowest BCUT2D eigenvalue weighted by molar-refractivity contribution is -0.132. The molecular formula is C42H38O6. The van der Waals surface area contributed by atoms with Crippen molar-refractivity contribution in [1.29, 1.82) is 0 Å². The van der Waals surface area contributed by atoms with E-state index in [0.717, 1.165) is 12.2 Å². The number of benzene rings is 4. The van der Waals surface area contributed by atoms with Crippen molar-refractivity contribution in [2.75, 3.05) is 0 Å². The van der Waals surface area contributed by atoms with Crippen molar-refractivity contribution in [2.24, 2.45) is 0 Å². The van der Waals surface area contributed by atoms with Gasteiger partial charge < -0.3 is 20.4 Å². The number of hydrogen-bond donors (Lipinski definition) is 4. The third-order valence-electron chi connectivity index (χ3n) is 6.40. The van der Waals surface area contributed by atoms with E-state index in [4.69, 9.17) is 10.2 Å². The molecule has 0 unspecified atom stereocenters. The first kappa shape index (κ1) is 38.0. The monoisotopic (exact) mass is 638 g/mol. The van der Waals surface area contributed by atoms with Gasteiger partial charge in [-0.3, -0.25) is 0 Å². The zero-order chi connectivity index (χ0) is 35.1. The first-order chi connectivity index (χ1) is 23.2. The Balaban J connectivity index is 0.000000414. The maximum Gasteiger partial charge on any atom is 0.328 e. The second kappa shape index (κ2) is 20.8. The second-order valence-electron chi connectivity index (χ2n) is 9.83. The molecule has 242 valence electrons. The van der Waals surface area contributed by atoms with Gasteiger partial charge in [0.15, 0.2) is 11.2 Å². The molecule has 0 aromatic heterocycles. The number of hydrogen-bond acceptors (Lipinski definition) is 4. The Morgan fingerprint density at radius 2 is 0.729 bits per heavy atom. The highest BCUT2D eigenvalue weighted by Crippen LogP contribution is 2.30. The molecule has 0 saturated heterocycles. The predicted molar refractivity (Wildman–Crippen MR) is 190 cm³/mol. The fourth-order valence-electron chi connectivity index (χ4n) is 4.08. The zero-order valence-corrected chi connectivity index (χ0v) is 26.8. The predicted octanol–water partition coefficient (Wildman–Crippen LogP) is 7.27. The lowest BCUT2D eigenvalue weighted by atomic mass is 9.86. The Morgan fingerprint density at radius 3 is 0.938 bits per heavy atom. The lowest BCUT2D eigenvalue weighted by Crippen LogP contribution is -2.25. The number of rotatable bonds is 8. The standard InChI is InChI=1S/C30H22O2.2C6H8O2/c31-29(25-15-5-1-6-16-25,26-17-7-2-8-18-26)23-13-14-24-30(32,27-19-9-3-10-20-27)28-21-11-4-12-22-28;2*1-2-3-4-5-6(7)8/h1-12,15-22,31-32H;2*2-5H,1H3,(H,7,8)/b;2*3-2+,5-4+. The third kappa shape index (κ3) is 12.7. The van der Waals surface area contributed by atoms with Gasteiger partial charge in [-0.25, -0.2) is 9.59 Å². The Hall–Kier alpha value is -6.18. The van der Waals surface area contributed by atoms with Crippen LogP contribution in [0, 0.1) is 23.7 Å². The van der Waals surface area contributed by atoms with Gasteiger partial charge in [0.25, 0.3) is 0 Å². The molecule has 0 amide bonds. The topological polar surface area (TPSA) is 115 Å². The molecular weight excluding hydrogens is 600 g/mol. The van der Waals surface area contributed by atoms with Gasteiger partial charge in [0.05, 0.1) is 0 Å². The first-order valence-electron chi connectivity index (χ1n) is 14.9. The molecule has 0 aliphatic carbocycles. The van der Waals surface area contributed by atoms with Gasteiger partial charge in [-0.1, -0.05) is 158 Å². The van der Waals surface area contributed by atoms with Crippen molar-refractivity contribution in [3.63, 3.8) is 0 Å². The van der Waals surface area contributed by atoms with Crippen LogP contribution in [0.5, 0.6) is 0 Å². The molecule has 0 heterocycles. The lowest BCUT2D eigenvalue weighted by Gasteiger charge is -2.23. The van der Waals surface area contributed by atoms with Crippen LogP contribution < -0.4 is 0 Å². The number of carbonyl (C=O) groups is 2. The molecule has 0 saturated carbocycles. The van der Waals surface area contributed by atoms with Crippen LogP contribution in [0.15, 0.2) is 170 Å². The van der Waals surface area contributed by atoms with Crippen molar-refractivity contribution in [1.82, 2.24) is 0 Å². The molecule has 4 aromatic carbocycles. The average molecular weight is 639 g/mol. The fourth-order valence-corrected chi connectivity index (χ4v) is 4.08. The summed E-state index contributed by atoms with van der Waals surface area (Å²) in [6, 6.07) is 37.1. The minimum absolute atomic E-state index is 0.655. The van der Waals surface area contributed by atoms with Crippen LogP contribution >= 0.6 is 0 Å². The quantitative estimate of drug-likeness (QED) is 0.0917. The van der Waals surface area contributed by atoms with E-state index >= 15 is 0 Å². The highest BCUT2D eigenvalue weighted by molar-refractivity contribution is 5.80. The highest BCUT2D eigenvalue weighted by atomic mass is 16.4. The van der Waals surface area contributed by atoms with Crippen LogP contribution in [0.4, 0.5) is 0 Å². The van der Waals surface area contributed by atoms with E-state index in [-0.39, 0.29) is 0 Å². The van der Waals surface area contributed by atoms with Crippen molar-refractivity contribution in [2.45, 2.75) is 25.0 Å². The van der Waals surface area contributed by atoms with Gasteiger partial charge in [-0.15, -0.1) is 0 Å². The highest BCUT2D eigenvalue weighted by Gasteiger charge is 2.30. The molecule has 0 aliphatic rings. The molecule has 6 heteroatoms. The summed E-state index contributed by atoms with van der Waals surface area (Å²) in [4.78, 5) is 19.5. The SMILES string of the molecule is C/C=C/C=C/C(=O)O.C/C=C/C=C/C(=O)O.OC(C#CC#CC(O)(c1ccccc1)c1ccccc1)(c1ccccc1)c1ccccc1. The molecule has 0 aliphatic heterocycles. The van der Waals surface area contributed by atoms with Gasteiger partial charge in [0.1, 0.15) is 0 Å². The minimum Gasteiger partial charge on any atom is -0.478 e. The van der Waals surface area contributed by atoms with E-state index in [1.807, 2.05) is 135 Å². The van der Waals surface area contributed by atoms with E-state index in [1.165, 1.54) is 12.2 Å². The third-order valence-corrected chi connectivity index (χ3v) is 6.40. The molecule has 4 aromatic rings. The summed E-state index contributed by atoms with van der Waals surface area (Å²) < 4.78 is 0. The molecule has 0 atom stereocenters. The summed E-state index contributed by atoms with van der Waals surface area (Å²) in [5.74, 6) is 9.62. The first-order valence-corrected chi connectivity index (χ1v) is 14.9. The Labute approximate surface area is 282 Å². The van der Waals surface area contributed by atoms with Gasteiger partial charge in [-0.05, 0) is 37.5 Å². The number of aliphatic carboxylic acids is 2. The largest absolute Gasteiger partial charge is 0.478 e. The van der Waals surface area contributed by atoms with Crippen molar-refractivity contribution < 1.29 is 30.0 Å². The Morgan fingerprint density at radius 1 is 0.479 bits per heavy atom. The Bertz CT molecular complexity index is 1580. The number of carboxylic acid groups (broad SMARTS) is 2. The summed E-state index contributed by atoms with van der Waals surface area (Å²) in [7, 11) is 0. The number of carboxylic acids is 2. The molecule has 4 N–H and O–H groups in total. The molecule has 48 heavy (non-hydrogen) atoms. The van der Waals surface area contributed by atoms with E-state index in [9.17, 15) is 19.8 Å². The van der Waals surface area contributed by atoms with E-state index in [1.54, 1.807) is 24.3 Å². The normalized spacial score (nSPS) is 11.0. The molecule has 0 fully saturated rings. The molecule has 0 spiro atoms. The van der Waals surface area contributed by atoms with Crippen molar-refractivity contribution in [3.8, 4) is 23.7 Å². The molecule has 6 nitrogen and oxygen atoms in total. The number of allylic oxidation sites excluding steroid dienone is 6. The summed E-state index contributed by atoms with van der Waals surface area (Å²) in [5.41, 5.74) is -0.420. The molecule has 0 radical (unpaired) electrons. The number of aliphatic hydroxyl groups is 2. The Kier molecular flexibility index (Phi) is 16.4. The molecule has 0 bridgehead atoms. The second-order valence-corrected chi connectivity index (χ2v) is 9.83. The summed E-state index contributed by atoms with van der Waals surface area (Å²) in [5, 5.41) is 39.1. The average Bonchev–Trinajstić information content (AvgIpc) is 3.12. The summed E-state index contributed by atoms with van der Waals surface area (Å²) in [6.07, 6.45) is 12.0. The summed E-state index contributed by atoms with van der Waals surface area (Å²) in [6.45, 7) is 3.65. The van der Waals surface area contributed by atoms with Crippen molar-refractivity contribution in [3.05, 3.63) is 192 Å². The van der Waals surface area contributed by atoms with Gasteiger partial charge in [-0.2, -0.15) is 0 Å². The van der Waals surface area contributed by atoms with E-state index in [2.05, 4.69) is 23.7 Å². The van der Waals surface area contributed by atoms with Gasteiger partial charge in [0, 0.05) is 34.4 Å². The summed E-state index contributed by atoms with van der Waals surface area (Å²) >= 11 is 0. The van der Waals surface area contributed by atoms with Crippen LogP contribution in [-0.4, -0.2) is 32.4 Å². The van der Waals surface area contributed by atoms with Crippen LogP contribution in [0.3, 0.4) is 0 Å². The smallest absolute Gasteiger partial charge is 0.328 e. The maximum atomic E-state index is 11.5. The van der Waals surface area contributed by atoms with Crippen LogP contribution in [-0.2, 0) is 20.8 Å². The zero-order valence-electron chi connectivity index (χ0n) is 26.8.